The van der Waals surface area contributed by atoms with Crippen molar-refractivity contribution in [1.29, 1.82) is 0 Å². The van der Waals surface area contributed by atoms with E-state index in [0.29, 0.717) is 18.6 Å². The number of rotatable bonds is 4. The van der Waals surface area contributed by atoms with Gasteiger partial charge >= 0.3 is 0 Å². The molecule has 1 aromatic rings. The average molecular weight is 241 g/mol. The van der Waals surface area contributed by atoms with Gasteiger partial charge in [0.1, 0.15) is 5.78 Å². The van der Waals surface area contributed by atoms with Crippen molar-refractivity contribution in [2.24, 2.45) is 0 Å². The van der Waals surface area contributed by atoms with E-state index in [1.807, 2.05) is 31.2 Å². The highest BCUT2D eigenvalue weighted by atomic mass is 79.9. The lowest BCUT2D eigenvalue weighted by Crippen LogP contribution is -2.01. The Hall–Kier alpha value is -0.630. The van der Waals surface area contributed by atoms with Crippen LogP contribution in [0.2, 0.25) is 0 Å². The quantitative estimate of drug-likeness (QED) is 0.789. The molecule has 0 unspecified atom stereocenters. The molecule has 0 aliphatic rings. The zero-order valence-corrected chi connectivity index (χ0v) is 9.30. The first-order valence-corrected chi connectivity index (χ1v) is 5.28. The van der Waals surface area contributed by atoms with Gasteiger partial charge in [-0.25, -0.2) is 0 Å². The highest BCUT2D eigenvalue weighted by Gasteiger charge is 2.01. The topological polar surface area (TPSA) is 17.1 Å². The largest absolute Gasteiger partial charge is 0.299 e. The molecule has 1 rings (SSSR count). The summed E-state index contributed by atoms with van der Waals surface area (Å²) < 4.78 is 1.04. The van der Waals surface area contributed by atoms with E-state index in [2.05, 4.69) is 15.9 Å². The van der Waals surface area contributed by atoms with Crippen molar-refractivity contribution in [2.75, 3.05) is 0 Å². The number of Topliss-reactive ketones (excluding diaryl/α,β-unsaturated/α-hetero) is 1. The zero-order chi connectivity index (χ0) is 9.68. The molecule has 0 saturated carbocycles. The third kappa shape index (κ3) is 3.73. The van der Waals surface area contributed by atoms with Crippen LogP contribution in [0.15, 0.2) is 28.7 Å². The van der Waals surface area contributed by atoms with Gasteiger partial charge < -0.3 is 0 Å². The van der Waals surface area contributed by atoms with Crippen LogP contribution >= 0.6 is 15.9 Å². The summed E-state index contributed by atoms with van der Waals surface area (Å²) in [4.78, 5) is 11.3. The molecule has 1 nitrogen and oxygen atoms in total. The normalized spacial score (nSPS) is 10.0. The van der Waals surface area contributed by atoms with Crippen molar-refractivity contribution in [3.05, 3.63) is 34.3 Å². The minimum absolute atomic E-state index is 0.320. The maximum Gasteiger partial charge on any atom is 0.137 e. The standard InChI is InChI=1S/C11H13BrO/c1-2-4-11(13)8-9-5-3-6-10(12)7-9/h3,5-7H,2,4,8H2,1H3. The zero-order valence-electron chi connectivity index (χ0n) is 7.72. The molecular weight excluding hydrogens is 228 g/mol. The Kier molecular flexibility index (Phi) is 4.16. The molecule has 0 radical (unpaired) electrons. The molecule has 0 fully saturated rings. The number of hydrogen-bond donors (Lipinski definition) is 0. The van der Waals surface area contributed by atoms with Crippen LogP contribution < -0.4 is 0 Å². The van der Waals surface area contributed by atoms with Gasteiger partial charge in [-0.15, -0.1) is 0 Å². The van der Waals surface area contributed by atoms with Gasteiger partial charge in [0, 0.05) is 17.3 Å². The third-order valence-electron chi connectivity index (χ3n) is 1.82. The molecule has 0 aromatic heterocycles. The second kappa shape index (κ2) is 5.18. The number of carbonyl (C=O) groups is 1. The fourth-order valence-electron chi connectivity index (χ4n) is 1.24. The Bertz CT molecular complexity index is 294. The van der Waals surface area contributed by atoms with Crippen molar-refractivity contribution >= 4 is 21.7 Å². The van der Waals surface area contributed by atoms with E-state index in [1.54, 1.807) is 0 Å². The molecule has 0 saturated heterocycles. The molecule has 0 aliphatic heterocycles. The summed E-state index contributed by atoms with van der Waals surface area (Å²) in [5, 5.41) is 0. The first kappa shape index (κ1) is 10.5. The minimum atomic E-state index is 0.320. The third-order valence-corrected chi connectivity index (χ3v) is 2.31. The van der Waals surface area contributed by atoms with Gasteiger partial charge in [-0.05, 0) is 24.1 Å². The van der Waals surface area contributed by atoms with Gasteiger partial charge in [-0.2, -0.15) is 0 Å². The first-order valence-electron chi connectivity index (χ1n) is 4.48. The lowest BCUT2D eigenvalue weighted by Gasteiger charge is -2.00. The van der Waals surface area contributed by atoms with Crippen LogP contribution in [0, 0.1) is 0 Å². The lowest BCUT2D eigenvalue weighted by molar-refractivity contribution is -0.118. The van der Waals surface area contributed by atoms with Crippen LogP contribution in [0.4, 0.5) is 0 Å². The van der Waals surface area contributed by atoms with Crippen molar-refractivity contribution in [3.8, 4) is 0 Å². The van der Waals surface area contributed by atoms with Crippen LogP contribution in [-0.4, -0.2) is 5.78 Å². The van der Waals surface area contributed by atoms with Crippen LogP contribution in [0.25, 0.3) is 0 Å². The summed E-state index contributed by atoms with van der Waals surface area (Å²) in [6.45, 7) is 2.03. The Balaban J connectivity index is 2.58. The average Bonchev–Trinajstić information content (AvgIpc) is 2.04. The first-order chi connectivity index (χ1) is 6.22. The SMILES string of the molecule is CCCC(=O)Cc1cccc(Br)c1. The molecule has 0 spiro atoms. The smallest absolute Gasteiger partial charge is 0.137 e. The number of hydrogen-bond acceptors (Lipinski definition) is 1. The summed E-state index contributed by atoms with van der Waals surface area (Å²) in [5.41, 5.74) is 1.09. The van der Waals surface area contributed by atoms with Gasteiger partial charge in [0.2, 0.25) is 0 Å². The summed E-state index contributed by atoms with van der Waals surface area (Å²) in [6.07, 6.45) is 2.19. The predicted octanol–water partition coefficient (Wildman–Crippen LogP) is 3.36. The van der Waals surface area contributed by atoms with E-state index in [4.69, 9.17) is 0 Å². The van der Waals surface area contributed by atoms with E-state index in [9.17, 15) is 4.79 Å². The van der Waals surface area contributed by atoms with Gasteiger partial charge in [0.25, 0.3) is 0 Å². The second-order valence-electron chi connectivity index (χ2n) is 3.10. The molecule has 0 N–H and O–H groups in total. The van der Waals surface area contributed by atoms with Crippen molar-refractivity contribution in [1.82, 2.24) is 0 Å². The molecule has 0 atom stereocenters. The number of benzene rings is 1. The Labute approximate surface area is 87.3 Å². The number of carbonyl (C=O) groups excluding carboxylic acids is 1. The molecule has 2 heteroatoms. The monoisotopic (exact) mass is 240 g/mol. The Morgan fingerprint density at radius 3 is 2.85 bits per heavy atom. The second-order valence-corrected chi connectivity index (χ2v) is 4.01. The molecular formula is C11H13BrO. The lowest BCUT2D eigenvalue weighted by atomic mass is 10.1. The fraction of sp³-hybridized carbons (Fsp3) is 0.364. The molecule has 13 heavy (non-hydrogen) atoms. The summed E-state index contributed by atoms with van der Waals surface area (Å²) in [6, 6.07) is 7.90. The Morgan fingerprint density at radius 2 is 2.23 bits per heavy atom. The van der Waals surface area contributed by atoms with Gasteiger partial charge in [0.15, 0.2) is 0 Å². The van der Waals surface area contributed by atoms with E-state index >= 15 is 0 Å². The number of halogens is 1. The molecule has 0 heterocycles. The van der Waals surface area contributed by atoms with E-state index in [-0.39, 0.29) is 0 Å². The molecule has 1 aromatic carbocycles. The predicted molar refractivity (Wildman–Crippen MR) is 57.8 cm³/mol. The van der Waals surface area contributed by atoms with Crippen molar-refractivity contribution in [3.63, 3.8) is 0 Å². The maximum absolute atomic E-state index is 11.3. The van der Waals surface area contributed by atoms with Gasteiger partial charge in [0.05, 0.1) is 0 Å². The fourth-order valence-corrected chi connectivity index (χ4v) is 1.69. The molecule has 70 valence electrons. The van der Waals surface area contributed by atoms with Crippen LogP contribution in [-0.2, 0) is 11.2 Å². The van der Waals surface area contributed by atoms with E-state index in [1.165, 1.54) is 0 Å². The van der Waals surface area contributed by atoms with Crippen LogP contribution in [0.1, 0.15) is 25.3 Å². The summed E-state index contributed by atoms with van der Waals surface area (Å²) in [5.74, 6) is 0.320. The Morgan fingerprint density at radius 1 is 1.46 bits per heavy atom. The van der Waals surface area contributed by atoms with E-state index < -0.39 is 0 Å². The van der Waals surface area contributed by atoms with E-state index in [0.717, 1.165) is 16.5 Å². The molecule has 0 bridgehead atoms. The maximum atomic E-state index is 11.3. The minimum Gasteiger partial charge on any atom is -0.299 e. The summed E-state index contributed by atoms with van der Waals surface area (Å²) >= 11 is 3.38. The van der Waals surface area contributed by atoms with Crippen LogP contribution in [0.5, 0.6) is 0 Å². The van der Waals surface area contributed by atoms with Crippen LogP contribution in [0.3, 0.4) is 0 Å². The van der Waals surface area contributed by atoms with Crippen molar-refractivity contribution in [2.45, 2.75) is 26.2 Å². The highest BCUT2D eigenvalue weighted by molar-refractivity contribution is 9.10. The van der Waals surface area contributed by atoms with Gasteiger partial charge in [-0.1, -0.05) is 35.0 Å². The summed E-state index contributed by atoms with van der Waals surface area (Å²) in [7, 11) is 0. The van der Waals surface area contributed by atoms with Crippen molar-refractivity contribution < 1.29 is 4.79 Å². The highest BCUT2D eigenvalue weighted by Crippen LogP contribution is 2.12. The van der Waals surface area contributed by atoms with Gasteiger partial charge in [-0.3, -0.25) is 4.79 Å². The molecule has 0 aliphatic carbocycles. The number of ketones is 1. The molecule has 0 amide bonds.